The lowest BCUT2D eigenvalue weighted by Crippen LogP contribution is -2.42. The lowest BCUT2D eigenvalue weighted by molar-refractivity contribution is -0.0293. The molecule has 1 fully saturated rings. The van der Waals surface area contributed by atoms with Crippen molar-refractivity contribution in [3.63, 3.8) is 0 Å². The highest BCUT2D eigenvalue weighted by Crippen LogP contribution is 2.21. The van der Waals surface area contributed by atoms with Gasteiger partial charge in [-0.05, 0) is 36.8 Å². The summed E-state index contributed by atoms with van der Waals surface area (Å²) < 4.78 is 11.3. The fourth-order valence-corrected chi connectivity index (χ4v) is 3.07. The quantitative estimate of drug-likeness (QED) is 0.831. The zero-order valence-electron chi connectivity index (χ0n) is 15.2. The molecule has 0 aliphatic carbocycles. The number of ether oxygens (including phenoxy) is 2. The summed E-state index contributed by atoms with van der Waals surface area (Å²) in [7, 11) is 0. The molecule has 1 atom stereocenters. The van der Waals surface area contributed by atoms with E-state index in [-0.39, 0.29) is 12.0 Å². The normalized spacial score (nSPS) is 17.7. The van der Waals surface area contributed by atoms with Crippen LogP contribution in [0.5, 0.6) is 5.75 Å². The summed E-state index contributed by atoms with van der Waals surface area (Å²) in [5.41, 5.74) is 1.85. The first-order valence-corrected chi connectivity index (χ1v) is 9.16. The Morgan fingerprint density at radius 2 is 1.96 bits per heavy atom. The maximum atomic E-state index is 12.2. The van der Waals surface area contributed by atoms with Crippen molar-refractivity contribution in [2.75, 3.05) is 39.4 Å². The van der Waals surface area contributed by atoms with E-state index < -0.39 is 0 Å². The third-order valence-corrected chi connectivity index (χ3v) is 4.46. The van der Waals surface area contributed by atoms with Gasteiger partial charge in [0.25, 0.3) is 5.91 Å². The van der Waals surface area contributed by atoms with Crippen molar-refractivity contribution in [2.45, 2.75) is 13.0 Å². The maximum Gasteiger partial charge on any atom is 0.251 e. The van der Waals surface area contributed by atoms with Gasteiger partial charge in [-0.15, -0.1) is 0 Å². The summed E-state index contributed by atoms with van der Waals surface area (Å²) in [6, 6.07) is 17.5. The van der Waals surface area contributed by atoms with E-state index in [1.807, 2.05) is 37.3 Å². The predicted octanol–water partition coefficient (Wildman–Crippen LogP) is 2.89. The van der Waals surface area contributed by atoms with E-state index in [0.717, 1.165) is 25.4 Å². The Labute approximate surface area is 154 Å². The van der Waals surface area contributed by atoms with E-state index in [1.54, 1.807) is 12.1 Å². The van der Waals surface area contributed by atoms with Crippen LogP contribution in [0.3, 0.4) is 0 Å². The second-order valence-electron chi connectivity index (χ2n) is 6.28. The molecule has 1 amide bonds. The van der Waals surface area contributed by atoms with Gasteiger partial charge in [-0.25, -0.2) is 0 Å². The third kappa shape index (κ3) is 5.07. The summed E-state index contributed by atoms with van der Waals surface area (Å²) in [6.45, 7) is 6.45. The highest BCUT2D eigenvalue weighted by molar-refractivity contribution is 5.94. The van der Waals surface area contributed by atoms with Gasteiger partial charge in [0.15, 0.2) is 0 Å². The van der Waals surface area contributed by atoms with Crippen molar-refractivity contribution in [1.82, 2.24) is 10.2 Å². The number of carbonyl (C=O) groups is 1. The standard InChI is InChI=1S/C21H26N2O3/c1-2-25-19-10-8-18(9-11-19)21(24)22-12-13-23-14-15-26-20(16-23)17-6-4-3-5-7-17/h3-11,20H,2,12-16H2,1H3,(H,22,24)/t20-/m0/s1. The Kier molecular flexibility index (Phi) is 6.63. The molecule has 1 saturated heterocycles. The molecule has 3 rings (SSSR count). The van der Waals surface area contributed by atoms with Crippen molar-refractivity contribution in [3.8, 4) is 5.75 Å². The molecular weight excluding hydrogens is 328 g/mol. The van der Waals surface area contributed by atoms with E-state index in [4.69, 9.17) is 9.47 Å². The number of benzene rings is 2. The number of nitrogens with one attached hydrogen (secondary N) is 1. The third-order valence-electron chi connectivity index (χ3n) is 4.46. The Hall–Kier alpha value is -2.37. The van der Waals surface area contributed by atoms with E-state index in [9.17, 15) is 4.79 Å². The molecule has 0 radical (unpaired) electrons. The summed E-state index contributed by atoms with van der Waals surface area (Å²) in [6.07, 6.45) is 0.103. The van der Waals surface area contributed by atoms with Gasteiger partial charge in [0.1, 0.15) is 5.75 Å². The van der Waals surface area contributed by atoms with E-state index in [0.29, 0.717) is 25.3 Å². The summed E-state index contributed by atoms with van der Waals surface area (Å²) >= 11 is 0. The molecule has 1 aliphatic rings. The Morgan fingerprint density at radius 3 is 2.69 bits per heavy atom. The molecule has 2 aromatic rings. The van der Waals surface area contributed by atoms with Gasteiger partial charge in [0.2, 0.25) is 0 Å². The van der Waals surface area contributed by atoms with Crippen molar-refractivity contribution in [1.29, 1.82) is 0 Å². The van der Waals surface area contributed by atoms with Crippen LogP contribution in [0.2, 0.25) is 0 Å². The lowest BCUT2D eigenvalue weighted by Gasteiger charge is -2.33. The maximum absolute atomic E-state index is 12.2. The van der Waals surface area contributed by atoms with Crippen LogP contribution in [-0.4, -0.2) is 50.2 Å². The zero-order chi connectivity index (χ0) is 18.2. The molecule has 26 heavy (non-hydrogen) atoms. The van der Waals surface area contributed by atoms with Crippen molar-refractivity contribution >= 4 is 5.91 Å². The number of hydrogen-bond acceptors (Lipinski definition) is 4. The molecular formula is C21H26N2O3. The van der Waals surface area contributed by atoms with Crippen LogP contribution < -0.4 is 10.1 Å². The van der Waals surface area contributed by atoms with Crippen LogP contribution in [0.4, 0.5) is 0 Å². The molecule has 138 valence electrons. The van der Waals surface area contributed by atoms with Crippen molar-refractivity contribution < 1.29 is 14.3 Å². The molecule has 0 spiro atoms. The topological polar surface area (TPSA) is 50.8 Å². The summed E-state index contributed by atoms with van der Waals surface area (Å²) in [5.74, 6) is 0.727. The summed E-state index contributed by atoms with van der Waals surface area (Å²) in [4.78, 5) is 14.6. The molecule has 5 nitrogen and oxygen atoms in total. The predicted molar refractivity (Wildman–Crippen MR) is 102 cm³/mol. The highest BCUT2D eigenvalue weighted by atomic mass is 16.5. The molecule has 1 heterocycles. The molecule has 0 saturated carbocycles. The molecule has 1 N–H and O–H groups in total. The van der Waals surface area contributed by atoms with Gasteiger partial charge in [-0.2, -0.15) is 0 Å². The molecule has 0 unspecified atom stereocenters. The van der Waals surface area contributed by atoms with Crippen LogP contribution in [-0.2, 0) is 4.74 Å². The van der Waals surface area contributed by atoms with Crippen LogP contribution >= 0.6 is 0 Å². The van der Waals surface area contributed by atoms with E-state index in [2.05, 4.69) is 22.3 Å². The largest absolute Gasteiger partial charge is 0.494 e. The fourth-order valence-electron chi connectivity index (χ4n) is 3.07. The minimum absolute atomic E-state index is 0.0547. The minimum Gasteiger partial charge on any atom is -0.494 e. The second-order valence-corrected chi connectivity index (χ2v) is 6.28. The molecule has 1 aliphatic heterocycles. The summed E-state index contributed by atoms with van der Waals surface area (Å²) in [5, 5.41) is 2.99. The Balaban J connectivity index is 1.44. The number of morpholine rings is 1. The molecule has 0 bridgehead atoms. The first-order valence-electron chi connectivity index (χ1n) is 9.16. The number of rotatable bonds is 7. The fraction of sp³-hybridized carbons (Fsp3) is 0.381. The van der Waals surface area contributed by atoms with E-state index in [1.165, 1.54) is 5.56 Å². The average Bonchev–Trinajstić information content (AvgIpc) is 2.70. The van der Waals surface area contributed by atoms with Crippen molar-refractivity contribution in [2.24, 2.45) is 0 Å². The van der Waals surface area contributed by atoms with E-state index >= 15 is 0 Å². The van der Waals surface area contributed by atoms with Crippen LogP contribution in [0.25, 0.3) is 0 Å². The Bertz CT molecular complexity index is 688. The lowest BCUT2D eigenvalue weighted by atomic mass is 10.1. The van der Waals surface area contributed by atoms with Gasteiger partial charge in [0, 0.05) is 31.7 Å². The molecule has 0 aromatic heterocycles. The molecule has 5 heteroatoms. The number of carbonyl (C=O) groups excluding carboxylic acids is 1. The zero-order valence-corrected chi connectivity index (χ0v) is 15.2. The second kappa shape index (κ2) is 9.36. The van der Waals surface area contributed by atoms with Gasteiger partial charge >= 0.3 is 0 Å². The van der Waals surface area contributed by atoms with Gasteiger partial charge in [-0.1, -0.05) is 30.3 Å². The van der Waals surface area contributed by atoms with Crippen LogP contribution in [0, 0.1) is 0 Å². The Morgan fingerprint density at radius 1 is 1.19 bits per heavy atom. The molecule has 2 aromatic carbocycles. The first-order chi connectivity index (χ1) is 12.8. The van der Waals surface area contributed by atoms with Crippen molar-refractivity contribution in [3.05, 3.63) is 65.7 Å². The van der Waals surface area contributed by atoms with Gasteiger partial charge in [-0.3, -0.25) is 9.69 Å². The number of nitrogens with zero attached hydrogens (tertiary/aromatic N) is 1. The average molecular weight is 354 g/mol. The van der Waals surface area contributed by atoms with Crippen LogP contribution in [0.15, 0.2) is 54.6 Å². The first kappa shape index (κ1) is 18.4. The highest BCUT2D eigenvalue weighted by Gasteiger charge is 2.21. The SMILES string of the molecule is CCOc1ccc(C(=O)NCCN2CCO[C@H](c3ccccc3)C2)cc1. The minimum atomic E-state index is -0.0547. The van der Waals surface area contributed by atoms with Gasteiger partial charge < -0.3 is 14.8 Å². The number of hydrogen-bond donors (Lipinski definition) is 1. The smallest absolute Gasteiger partial charge is 0.251 e. The van der Waals surface area contributed by atoms with Crippen LogP contribution in [0.1, 0.15) is 28.9 Å². The number of amides is 1. The van der Waals surface area contributed by atoms with Gasteiger partial charge in [0.05, 0.1) is 19.3 Å². The monoisotopic (exact) mass is 354 g/mol.